The van der Waals surface area contributed by atoms with E-state index in [1.807, 2.05) is 12.1 Å². The number of hydrogen-bond donors (Lipinski definition) is 0. The highest BCUT2D eigenvalue weighted by atomic mass is 35.5. The van der Waals surface area contributed by atoms with Crippen LogP contribution in [-0.4, -0.2) is 18.1 Å². The fraction of sp³-hybridized carbons (Fsp3) is 0.357. The van der Waals surface area contributed by atoms with Gasteiger partial charge in [-0.1, -0.05) is 18.2 Å². The molecule has 0 amide bonds. The first-order valence-corrected chi connectivity index (χ1v) is 6.50. The van der Waals surface area contributed by atoms with Crippen LogP contribution in [0.15, 0.2) is 30.3 Å². The minimum absolute atomic E-state index is 0.518. The fourth-order valence-electron chi connectivity index (χ4n) is 2.19. The van der Waals surface area contributed by atoms with Gasteiger partial charge in [0.2, 0.25) is 0 Å². The van der Waals surface area contributed by atoms with Crippen molar-refractivity contribution >= 4 is 28.3 Å². The topological polar surface area (TPSA) is 16.1 Å². The smallest absolute Gasteiger partial charge is 0.133 e. The number of pyridine rings is 1. The van der Waals surface area contributed by atoms with Crippen molar-refractivity contribution in [3.8, 4) is 0 Å². The van der Waals surface area contributed by atoms with E-state index in [0.717, 1.165) is 22.3 Å². The maximum atomic E-state index is 6.03. The highest BCUT2D eigenvalue weighted by molar-refractivity contribution is 6.17. The molecule has 0 aliphatic heterocycles. The summed E-state index contributed by atoms with van der Waals surface area (Å²) in [6.07, 6.45) is 2.54. The molecule has 2 nitrogen and oxygen atoms in total. The van der Waals surface area contributed by atoms with Crippen molar-refractivity contribution < 1.29 is 0 Å². The first-order chi connectivity index (χ1) is 8.29. The lowest BCUT2D eigenvalue weighted by Crippen LogP contribution is -2.22. The van der Waals surface area contributed by atoms with Crippen molar-refractivity contribution in [2.24, 2.45) is 0 Å². The number of rotatable bonds is 3. The van der Waals surface area contributed by atoms with Crippen LogP contribution in [0.25, 0.3) is 10.9 Å². The van der Waals surface area contributed by atoms with E-state index in [0.29, 0.717) is 11.9 Å². The van der Waals surface area contributed by atoms with Crippen molar-refractivity contribution in [3.05, 3.63) is 35.9 Å². The van der Waals surface area contributed by atoms with Crippen LogP contribution in [0.5, 0.6) is 0 Å². The van der Waals surface area contributed by atoms with Crippen molar-refractivity contribution in [3.63, 3.8) is 0 Å². The zero-order valence-corrected chi connectivity index (χ0v) is 10.6. The molecule has 88 valence electrons. The molecule has 2 aromatic rings. The van der Waals surface area contributed by atoms with Gasteiger partial charge in [-0.15, -0.1) is 11.6 Å². The summed E-state index contributed by atoms with van der Waals surface area (Å²) < 4.78 is 0. The van der Waals surface area contributed by atoms with Crippen molar-refractivity contribution in [2.45, 2.75) is 24.8 Å². The highest BCUT2D eigenvalue weighted by Crippen LogP contribution is 2.32. The second-order valence-corrected chi connectivity index (χ2v) is 4.91. The SMILES string of the molecule is CN(c1nc2ccccc2cc1CCl)C1CC1. The Hall–Kier alpha value is -1.28. The van der Waals surface area contributed by atoms with Crippen molar-refractivity contribution in [2.75, 3.05) is 11.9 Å². The Labute approximate surface area is 106 Å². The third-order valence-corrected chi connectivity index (χ3v) is 3.64. The quantitative estimate of drug-likeness (QED) is 0.770. The zero-order valence-electron chi connectivity index (χ0n) is 9.86. The van der Waals surface area contributed by atoms with E-state index in [1.165, 1.54) is 12.8 Å². The van der Waals surface area contributed by atoms with Crippen LogP contribution in [0.2, 0.25) is 0 Å². The Morgan fingerprint density at radius 2 is 2.12 bits per heavy atom. The van der Waals surface area contributed by atoms with E-state index in [9.17, 15) is 0 Å². The summed E-state index contributed by atoms with van der Waals surface area (Å²) >= 11 is 6.03. The molecule has 0 saturated heterocycles. The number of alkyl halides is 1. The number of para-hydroxylation sites is 1. The number of halogens is 1. The minimum Gasteiger partial charge on any atom is -0.356 e. The maximum absolute atomic E-state index is 6.03. The molecule has 1 aromatic heterocycles. The molecule has 1 aliphatic rings. The van der Waals surface area contributed by atoms with Crippen LogP contribution < -0.4 is 4.90 Å². The third-order valence-electron chi connectivity index (χ3n) is 3.35. The van der Waals surface area contributed by atoms with E-state index >= 15 is 0 Å². The number of anilines is 1. The van der Waals surface area contributed by atoms with Gasteiger partial charge in [0.15, 0.2) is 0 Å². The van der Waals surface area contributed by atoms with E-state index in [2.05, 4.69) is 30.1 Å². The largest absolute Gasteiger partial charge is 0.356 e. The summed E-state index contributed by atoms with van der Waals surface area (Å²) in [5.41, 5.74) is 2.17. The molecule has 1 aliphatic carbocycles. The summed E-state index contributed by atoms with van der Waals surface area (Å²) in [6.45, 7) is 0. The lowest BCUT2D eigenvalue weighted by molar-refractivity contribution is 0.888. The minimum atomic E-state index is 0.518. The lowest BCUT2D eigenvalue weighted by Gasteiger charge is -2.20. The molecule has 0 atom stereocenters. The van der Waals surface area contributed by atoms with Gasteiger partial charge in [0, 0.05) is 24.0 Å². The molecule has 3 heteroatoms. The number of benzene rings is 1. The van der Waals surface area contributed by atoms with Crippen LogP contribution in [0.1, 0.15) is 18.4 Å². The lowest BCUT2D eigenvalue weighted by atomic mass is 10.1. The first-order valence-electron chi connectivity index (χ1n) is 5.97. The van der Waals surface area contributed by atoms with E-state index in [-0.39, 0.29) is 0 Å². The van der Waals surface area contributed by atoms with Crippen LogP contribution in [-0.2, 0) is 5.88 Å². The van der Waals surface area contributed by atoms with Gasteiger partial charge in [-0.2, -0.15) is 0 Å². The summed E-state index contributed by atoms with van der Waals surface area (Å²) in [7, 11) is 2.12. The highest BCUT2D eigenvalue weighted by Gasteiger charge is 2.28. The third kappa shape index (κ3) is 1.98. The van der Waals surface area contributed by atoms with Crippen molar-refractivity contribution in [1.82, 2.24) is 4.98 Å². The van der Waals surface area contributed by atoms with E-state index in [4.69, 9.17) is 16.6 Å². The molecule has 0 radical (unpaired) electrons. The predicted molar refractivity (Wildman–Crippen MR) is 72.7 cm³/mol. The molecular formula is C14H15ClN2. The Morgan fingerprint density at radius 1 is 1.35 bits per heavy atom. The molecule has 0 spiro atoms. The van der Waals surface area contributed by atoms with Gasteiger partial charge in [0.1, 0.15) is 5.82 Å². The van der Waals surface area contributed by atoms with E-state index in [1.54, 1.807) is 0 Å². The molecule has 1 saturated carbocycles. The number of fused-ring (bicyclic) bond motifs is 1. The zero-order chi connectivity index (χ0) is 11.8. The molecule has 17 heavy (non-hydrogen) atoms. The van der Waals surface area contributed by atoms with Gasteiger partial charge >= 0.3 is 0 Å². The predicted octanol–water partition coefficient (Wildman–Crippen LogP) is 3.57. The standard InChI is InChI=1S/C14H15ClN2/c1-17(12-6-7-12)14-11(9-15)8-10-4-2-3-5-13(10)16-14/h2-5,8,12H,6-7,9H2,1H3. The number of nitrogens with zero attached hydrogens (tertiary/aromatic N) is 2. The van der Waals surface area contributed by atoms with Gasteiger partial charge < -0.3 is 4.90 Å². The van der Waals surface area contributed by atoms with Crippen molar-refractivity contribution in [1.29, 1.82) is 0 Å². The first kappa shape index (κ1) is 10.8. The maximum Gasteiger partial charge on any atom is 0.133 e. The summed E-state index contributed by atoms with van der Waals surface area (Å²) in [5, 5.41) is 1.16. The molecular weight excluding hydrogens is 232 g/mol. The van der Waals surface area contributed by atoms with Crippen LogP contribution in [0, 0.1) is 0 Å². The molecule has 1 aromatic carbocycles. The second-order valence-electron chi connectivity index (χ2n) is 4.64. The Kier molecular flexibility index (Phi) is 2.67. The monoisotopic (exact) mass is 246 g/mol. The normalized spacial score (nSPS) is 15.2. The average Bonchev–Trinajstić information content (AvgIpc) is 3.20. The molecule has 0 unspecified atom stereocenters. The molecule has 1 heterocycles. The van der Waals surface area contributed by atoms with Gasteiger partial charge in [-0.3, -0.25) is 0 Å². The number of aromatic nitrogens is 1. The Bertz CT molecular complexity index is 549. The summed E-state index contributed by atoms with van der Waals surface area (Å²) in [4.78, 5) is 7.02. The molecule has 3 rings (SSSR count). The van der Waals surface area contributed by atoms with Gasteiger partial charge in [-0.05, 0) is 25.0 Å². The number of hydrogen-bond acceptors (Lipinski definition) is 2. The summed E-state index contributed by atoms with van der Waals surface area (Å²) in [6, 6.07) is 11.0. The molecule has 0 N–H and O–H groups in total. The van der Waals surface area contributed by atoms with Crippen LogP contribution in [0.3, 0.4) is 0 Å². The summed E-state index contributed by atoms with van der Waals surface area (Å²) in [5.74, 6) is 1.56. The average molecular weight is 247 g/mol. The Balaban J connectivity index is 2.14. The molecule has 0 bridgehead atoms. The van der Waals surface area contributed by atoms with Gasteiger partial charge in [0.05, 0.1) is 11.4 Å². The fourth-order valence-corrected chi connectivity index (χ4v) is 2.38. The van der Waals surface area contributed by atoms with Gasteiger partial charge in [0.25, 0.3) is 0 Å². The van der Waals surface area contributed by atoms with Crippen LogP contribution in [0.4, 0.5) is 5.82 Å². The second kappa shape index (κ2) is 4.19. The van der Waals surface area contributed by atoms with Gasteiger partial charge in [-0.25, -0.2) is 4.98 Å². The van der Waals surface area contributed by atoms with Crippen LogP contribution >= 0.6 is 11.6 Å². The Morgan fingerprint density at radius 3 is 2.82 bits per heavy atom. The molecule has 1 fully saturated rings. The van der Waals surface area contributed by atoms with E-state index < -0.39 is 0 Å².